The van der Waals surface area contributed by atoms with Gasteiger partial charge in [-0.05, 0) is 45.0 Å². The molecule has 3 rings (SSSR count). The number of benzene rings is 1. The number of hydrogen-bond donors (Lipinski definition) is 0. The largest absolute Gasteiger partial charge is 0.497 e. The number of piperazine rings is 1. The van der Waals surface area contributed by atoms with Crippen molar-refractivity contribution in [3.8, 4) is 5.75 Å². The van der Waals surface area contributed by atoms with Gasteiger partial charge in [-0.2, -0.15) is 0 Å². The number of amides is 2. The van der Waals surface area contributed by atoms with E-state index in [1.54, 1.807) is 16.9 Å². The standard InChI is InChI=1S/C20H29N3O3/c1-16-14-23(17-7-6-8-18(13-17)26-2)20(25)15-22(16)19(24)9-12-21-10-4-3-5-11-21/h6-8,13,16H,3-5,9-12,14-15H2,1-2H3/t16-/m0/s1. The number of ether oxygens (including phenoxy) is 1. The highest BCUT2D eigenvalue weighted by Crippen LogP contribution is 2.24. The van der Waals surface area contributed by atoms with Gasteiger partial charge in [0, 0.05) is 37.3 Å². The molecule has 2 amide bonds. The number of rotatable bonds is 5. The van der Waals surface area contributed by atoms with Crippen LogP contribution in [0.3, 0.4) is 0 Å². The van der Waals surface area contributed by atoms with E-state index in [1.807, 2.05) is 31.2 Å². The van der Waals surface area contributed by atoms with E-state index in [-0.39, 0.29) is 24.4 Å². The van der Waals surface area contributed by atoms with Crippen LogP contribution >= 0.6 is 0 Å². The first-order chi connectivity index (χ1) is 12.6. The Morgan fingerprint density at radius 2 is 2.00 bits per heavy atom. The third-order valence-corrected chi connectivity index (χ3v) is 5.36. The first-order valence-corrected chi connectivity index (χ1v) is 9.54. The van der Waals surface area contributed by atoms with Gasteiger partial charge in [0.2, 0.25) is 11.8 Å². The molecule has 0 saturated carbocycles. The van der Waals surface area contributed by atoms with Gasteiger partial charge < -0.3 is 19.4 Å². The summed E-state index contributed by atoms with van der Waals surface area (Å²) < 4.78 is 5.25. The third-order valence-electron chi connectivity index (χ3n) is 5.36. The maximum atomic E-state index is 12.6. The second-order valence-electron chi connectivity index (χ2n) is 7.23. The van der Waals surface area contributed by atoms with E-state index in [2.05, 4.69) is 4.90 Å². The Labute approximate surface area is 155 Å². The number of nitrogens with zero attached hydrogens (tertiary/aromatic N) is 3. The smallest absolute Gasteiger partial charge is 0.246 e. The number of anilines is 1. The van der Waals surface area contributed by atoms with Gasteiger partial charge in [-0.3, -0.25) is 9.59 Å². The van der Waals surface area contributed by atoms with Gasteiger partial charge in [0.25, 0.3) is 0 Å². The lowest BCUT2D eigenvalue weighted by Crippen LogP contribution is -2.57. The fourth-order valence-electron chi connectivity index (χ4n) is 3.79. The lowest BCUT2D eigenvalue weighted by atomic mass is 10.1. The Hall–Kier alpha value is -2.08. The molecule has 2 aliphatic rings. The van der Waals surface area contributed by atoms with Crippen LogP contribution in [0.15, 0.2) is 24.3 Å². The normalized spacial score (nSPS) is 21.8. The summed E-state index contributed by atoms with van der Waals surface area (Å²) in [5.41, 5.74) is 0.821. The maximum absolute atomic E-state index is 12.6. The van der Waals surface area contributed by atoms with Gasteiger partial charge in [-0.25, -0.2) is 0 Å². The lowest BCUT2D eigenvalue weighted by molar-refractivity contribution is -0.139. The second-order valence-corrected chi connectivity index (χ2v) is 7.23. The van der Waals surface area contributed by atoms with Crippen LogP contribution in [0.1, 0.15) is 32.6 Å². The van der Waals surface area contributed by atoms with E-state index < -0.39 is 0 Å². The van der Waals surface area contributed by atoms with Crippen molar-refractivity contribution in [3.63, 3.8) is 0 Å². The van der Waals surface area contributed by atoms with Gasteiger partial charge in [0.15, 0.2) is 0 Å². The van der Waals surface area contributed by atoms with Crippen LogP contribution in [0.2, 0.25) is 0 Å². The van der Waals surface area contributed by atoms with Crippen molar-refractivity contribution < 1.29 is 14.3 Å². The number of methoxy groups -OCH3 is 1. The van der Waals surface area contributed by atoms with E-state index in [0.717, 1.165) is 31.1 Å². The summed E-state index contributed by atoms with van der Waals surface area (Å²) in [6, 6.07) is 7.51. The molecular formula is C20H29N3O3. The minimum absolute atomic E-state index is 0.00718. The summed E-state index contributed by atoms with van der Waals surface area (Å²) in [6.45, 7) is 5.66. The van der Waals surface area contributed by atoms with Crippen LogP contribution in [0.4, 0.5) is 5.69 Å². The lowest BCUT2D eigenvalue weighted by Gasteiger charge is -2.39. The predicted molar refractivity (Wildman–Crippen MR) is 101 cm³/mol. The zero-order chi connectivity index (χ0) is 18.5. The van der Waals surface area contributed by atoms with E-state index in [0.29, 0.717) is 13.0 Å². The molecule has 2 aliphatic heterocycles. The molecule has 2 fully saturated rings. The summed E-state index contributed by atoms with van der Waals surface area (Å²) in [6.07, 6.45) is 4.24. The van der Waals surface area contributed by atoms with Gasteiger partial charge in [-0.1, -0.05) is 12.5 Å². The van der Waals surface area contributed by atoms with Gasteiger partial charge in [0.05, 0.1) is 7.11 Å². The summed E-state index contributed by atoms with van der Waals surface area (Å²) >= 11 is 0. The summed E-state index contributed by atoms with van der Waals surface area (Å²) in [4.78, 5) is 31.1. The Kier molecular flexibility index (Phi) is 6.14. The topological polar surface area (TPSA) is 53.1 Å². The molecule has 6 heteroatoms. The molecule has 0 unspecified atom stereocenters. The van der Waals surface area contributed by atoms with Crippen molar-refractivity contribution in [2.75, 3.05) is 44.7 Å². The van der Waals surface area contributed by atoms with Gasteiger partial charge in [0.1, 0.15) is 12.3 Å². The molecule has 1 aromatic rings. The van der Waals surface area contributed by atoms with Crippen LogP contribution in [0, 0.1) is 0 Å². The fourth-order valence-corrected chi connectivity index (χ4v) is 3.79. The third kappa shape index (κ3) is 4.36. The number of likely N-dealkylation sites (tertiary alicyclic amines) is 1. The number of carbonyl (C=O) groups excluding carboxylic acids is 2. The molecule has 1 atom stereocenters. The van der Waals surface area contributed by atoms with Crippen molar-refractivity contribution in [2.45, 2.75) is 38.6 Å². The first-order valence-electron chi connectivity index (χ1n) is 9.54. The van der Waals surface area contributed by atoms with Crippen molar-refractivity contribution in [1.29, 1.82) is 0 Å². The Morgan fingerprint density at radius 1 is 1.23 bits per heavy atom. The predicted octanol–water partition coefficient (Wildman–Crippen LogP) is 2.13. The fraction of sp³-hybridized carbons (Fsp3) is 0.600. The summed E-state index contributed by atoms with van der Waals surface area (Å²) in [7, 11) is 1.61. The molecule has 1 aromatic carbocycles. The average Bonchev–Trinajstić information content (AvgIpc) is 2.68. The number of carbonyl (C=O) groups is 2. The molecule has 0 bridgehead atoms. The monoisotopic (exact) mass is 359 g/mol. The highest BCUT2D eigenvalue weighted by Gasteiger charge is 2.33. The molecule has 0 spiro atoms. The van der Waals surface area contributed by atoms with Gasteiger partial charge in [-0.15, -0.1) is 0 Å². The number of piperidine rings is 1. The van der Waals surface area contributed by atoms with Crippen molar-refractivity contribution in [3.05, 3.63) is 24.3 Å². The van der Waals surface area contributed by atoms with Crippen LogP contribution in [0.25, 0.3) is 0 Å². The van der Waals surface area contributed by atoms with Gasteiger partial charge >= 0.3 is 0 Å². The van der Waals surface area contributed by atoms with Crippen LogP contribution < -0.4 is 9.64 Å². The zero-order valence-corrected chi connectivity index (χ0v) is 15.8. The maximum Gasteiger partial charge on any atom is 0.246 e. The van der Waals surface area contributed by atoms with Crippen LogP contribution in [-0.4, -0.2) is 67.5 Å². The Bertz CT molecular complexity index is 643. The molecule has 0 N–H and O–H groups in total. The minimum Gasteiger partial charge on any atom is -0.497 e. The van der Waals surface area contributed by atoms with E-state index in [4.69, 9.17) is 4.74 Å². The first kappa shape index (κ1) is 18.7. The SMILES string of the molecule is COc1cccc(N2C[C@H](C)N(C(=O)CCN3CCCCC3)CC2=O)c1. The average molecular weight is 359 g/mol. The number of hydrogen-bond acceptors (Lipinski definition) is 4. The molecule has 2 heterocycles. The molecule has 142 valence electrons. The molecule has 2 saturated heterocycles. The van der Waals surface area contributed by atoms with Crippen molar-refractivity contribution in [1.82, 2.24) is 9.80 Å². The minimum atomic E-state index is -0.0392. The van der Waals surface area contributed by atoms with Crippen LogP contribution in [0.5, 0.6) is 5.75 Å². The molecular weight excluding hydrogens is 330 g/mol. The molecule has 0 radical (unpaired) electrons. The molecule has 6 nitrogen and oxygen atoms in total. The highest BCUT2D eigenvalue weighted by molar-refractivity contribution is 5.98. The highest BCUT2D eigenvalue weighted by atomic mass is 16.5. The van der Waals surface area contributed by atoms with Crippen LogP contribution in [-0.2, 0) is 9.59 Å². The Morgan fingerprint density at radius 3 is 2.73 bits per heavy atom. The van der Waals surface area contributed by atoms with E-state index in [1.165, 1.54) is 19.3 Å². The summed E-state index contributed by atoms with van der Waals surface area (Å²) in [5.74, 6) is 0.771. The molecule has 26 heavy (non-hydrogen) atoms. The zero-order valence-electron chi connectivity index (χ0n) is 15.8. The second kappa shape index (κ2) is 8.54. The molecule has 0 aliphatic carbocycles. The van der Waals surface area contributed by atoms with E-state index >= 15 is 0 Å². The quantitative estimate of drug-likeness (QED) is 0.808. The summed E-state index contributed by atoms with van der Waals surface area (Å²) in [5, 5.41) is 0. The molecule has 0 aromatic heterocycles. The van der Waals surface area contributed by atoms with Crippen molar-refractivity contribution >= 4 is 17.5 Å². The van der Waals surface area contributed by atoms with E-state index in [9.17, 15) is 9.59 Å². The van der Waals surface area contributed by atoms with Crippen molar-refractivity contribution in [2.24, 2.45) is 0 Å². The Balaban J connectivity index is 1.58.